The van der Waals surface area contributed by atoms with E-state index >= 15 is 0 Å². The number of hydrogen-bond acceptors (Lipinski definition) is 4. The number of rotatable bonds is 4. The Bertz CT molecular complexity index is 784. The molecule has 0 spiro atoms. The van der Waals surface area contributed by atoms with Crippen LogP contribution >= 0.6 is 0 Å². The lowest BCUT2D eigenvalue weighted by atomic mass is 10.1. The van der Waals surface area contributed by atoms with Crippen LogP contribution in [0.3, 0.4) is 0 Å². The fraction of sp³-hybridized carbons (Fsp3) is 0.0667. The monoisotopic (exact) mass is 318 g/mol. The van der Waals surface area contributed by atoms with Crippen molar-refractivity contribution >= 4 is 27.5 Å². The van der Waals surface area contributed by atoms with Crippen LogP contribution in [-0.2, 0) is 10.0 Å². The second-order valence-electron chi connectivity index (χ2n) is 4.51. The van der Waals surface area contributed by atoms with Crippen molar-refractivity contribution in [1.82, 2.24) is 4.72 Å². The van der Waals surface area contributed by atoms with E-state index in [1.165, 1.54) is 31.2 Å². The van der Waals surface area contributed by atoms with Crippen molar-refractivity contribution in [1.29, 1.82) is 0 Å². The van der Waals surface area contributed by atoms with Crippen molar-refractivity contribution in [3.63, 3.8) is 0 Å². The van der Waals surface area contributed by atoms with Gasteiger partial charge in [0, 0.05) is 11.3 Å². The number of benzene rings is 2. The summed E-state index contributed by atoms with van der Waals surface area (Å²) in [4.78, 5) is 22.9. The summed E-state index contributed by atoms with van der Waals surface area (Å²) in [5, 5.41) is 2.39. The van der Waals surface area contributed by atoms with Crippen LogP contribution < -0.4 is 10.0 Å². The maximum atomic E-state index is 12.0. The Kier molecular flexibility index (Phi) is 4.57. The number of amides is 2. The molecular weight excluding hydrogens is 304 g/mol. The Hall–Kier alpha value is -2.67. The number of carbonyl (C=O) groups excluding carboxylic acids is 2. The lowest BCUT2D eigenvalue weighted by molar-refractivity contribution is 0.101. The average Bonchev–Trinajstić information content (AvgIpc) is 2.48. The minimum Gasteiger partial charge on any atom is -0.307 e. The van der Waals surface area contributed by atoms with E-state index in [2.05, 4.69) is 5.32 Å². The predicted octanol–water partition coefficient (Wildman–Crippen LogP) is 2.40. The standard InChI is InChI=1S/C15H14N2O4S/c1-11(18)12-7-9-13(10-8-12)16-15(19)17-22(20,21)14-5-3-2-4-6-14/h2-10H,1H3,(H2,16,17,19). The van der Waals surface area contributed by atoms with E-state index in [0.29, 0.717) is 11.3 Å². The molecule has 22 heavy (non-hydrogen) atoms. The molecule has 0 aromatic heterocycles. The molecule has 0 saturated carbocycles. The molecule has 0 heterocycles. The Morgan fingerprint density at radius 2 is 1.50 bits per heavy atom. The molecule has 0 aliphatic carbocycles. The molecule has 0 saturated heterocycles. The van der Waals surface area contributed by atoms with Crippen molar-refractivity contribution < 1.29 is 18.0 Å². The Morgan fingerprint density at radius 1 is 0.909 bits per heavy atom. The van der Waals surface area contributed by atoms with Gasteiger partial charge in [0.15, 0.2) is 5.78 Å². The van der Waals surface area contributed by atoms with Gasteiger partial charge in [0.1, 0.15) is 0 Å². The van der Waals surface area contributed by atoms with Gasteiger partial charge in [-0.2, -0.15) is 0 Å². The van der Waals surface area contributed by atoms with Crippen LogP contribution in [0, 0.1) is 0 Å². The Balaban J connectivity index is 2.05. The second kappa shape index (κ2) is 6.40. The molecule has 0 aliphatic heterocycles. The van der Waals surface area contributed by atoms with Crippen molar-refractivity contribution in [2.75, 3.05) is 5.32 Å². The normalized spacial score (nSPS) is 10.8. The fourth-order valence-electron chi connectivity index (χ4n) is 1.73. The minimum atomic E-state index is -3.92. The molecule has 114 valence electrons. The van der Waals surface area contributed by atoms with E-state index in [1.54, 1.807) is 30.3 Å². The SMILES string of the molecule is CC(=O)c1ccc(NC(=O)NS(=O)(=O)c2ccccc2)cc1. The van der Waals surface area contributed by atoms with Gasteiger partial charge >= 0.3 is 6.03 Å². The lowest BCUT2D eigenvalue weighted by Crippen LogP contribution is -2.34. The van der Waals surface area contributed by atoms with Gasteiger partial charge in [-0.25, -0.2) is 17.9 Å². The first-order valence-electron chi connectivity index (χ1n) is 6.38. The number of ketones is 1. The summed E-state index contributed by atoms with van der Waals surface area (Å²) in [6.45, 7) is 1.43. The Morgan fingerprint density at radius 3 is 2.05 bits per heavy atom. The van der Waals surface area contributed by atoms with E-state index in [0.717, 1.165) is 0 Å². The highest BCUT2D eigenvalue weighted by Gasteiger charge is 2.17. The van der Waals surface area contributed by atoms with Gasteiger partial charge in [0.2, 0.25) is 0 Å². The van der Waals surface area contributed by atoms with Crippen molar-refractivity contribution in [2.24, 2.45) is 0 Å². The number of carbonyl (C=O) groups is 2. The first kappa shape index (κ1) is 15.7. The molecule has 2 aromatic rings. The molecule has 0 bridgehead atoms. The van der Waals surface area contributed by atoms with Crippen LogP contribution in [0.4, 0.5) is 10.5 Å². The largest absolute Gasteiger partial charge is 0.333 e. The molecular formula is C15H14N2O4S. The molecule has 6 nitrogen and oxygen atoms in total. The number of hydrogen-bond donors (Lipinski definition) is 2. The van der Waals surface area contributed by atoms with Gasteiger partial charge in [-0.3, -0.25) is 4.79 Å². The Labute approximate surface area is 128 Å². The topological polar surface area (TPSA) is 92.3 Å². The maximum Gasteiger partial charge on any atom is 0.333 e. The van der Waals surface area contributed by atoms with Crippen LogP contribution in [0.25, 0.3) is 0 Å². The highest BCUT2D eigenvalue weighted by molar-refractivity contribution is 7.90. The van der Waals surface area contributed by atoms with E-state index in [-0.39, 0.29) is 10.7 Å². The van der Waals surface area contributed by atoms with Crippen LogP contribution in [0.15, 0.2) is 59.5 Å². The van der Waals surface area contributed by atoms with Gasteiger partial charge in [-0.05, 0) is 43.3 Å². The molecule has 0 aliphatic rings. The number of urea groups is 1. The van der Waals surface area contributed by atoms with Gasteiger partial charge in [-0.1, -0.05) is 18.2 Å². The van der Waals surface area contributed by atoms with Gasteiger partial charge in [0.05, 0.1) is 4.90 Å². The molecule has 2 rings (SSSR count). The van der Waals surface area contributed by atoms with Crippen LogP contribution in [0.2, 0.25) is 0 Å². The molecule has 0 atom stereocenters. The zero-order valence-electron chi connectivity index (χ0n) is 11.7. The molecule has 0 radical (unpaired) electrons. The summed E-state index contributed by atoms with van der Waals surface area (Å²) in [5.74, 6) is -0.0948. The summed E-state index contributed by atoms with van der Waals surface area (Å²) in [7, 11) is -3.92. The van der Waals surface area contributed by atoms with Gasteiger partial charge < -0.3 is 5.32 Å². The molecule has 2 amide bonds. The molecule has 2 aromatic carbocycles. The number of nitrogens with one attached hydrogen (secondary N) is 2. The average molecular weight is 318 g/mol. The summed E-state index contributed by atoms with van der Waals surface area (Å²) in [5.41, 5.74) is 0.883. The fourth-order valence-corrected chi connectivity index (χ4v) is 2.65. The van der Waals surface area contributed by atoms with Gasteiger partial charge in [-0.15, -0.1) is 0 Å². The minimum absolute atomic E-state index is 0.00271. The third-order valence-corrected chi connectivity index (χ3v) is 4.18. The zero-order valence-corrected chi connectivity index (χ0v) is 12.6. The van der Waals surface area contributed by atoms with E-state index in [9.17, 15) is 18.0 Å². The summed E-state index contributed by atoms with van der Waals surface area (Å²) < 4.78 is 25.8. The summed E-state index contributed by atoms with van der Waals surface area (Å²) in [6.07, 6.45) is 0. The molecule has 7 heteroatoms. The number of sulfonamides is 1. The number of anilines is 1. The molecule has 2 N–H and O–H groups in total. The third-order valence-electron chi connectivity index (χ3n) is 2.83. The van der Waals surface area contributed by atoms with E-state index < -0.39 is 16.1 Å². The van der Waals surface area contributed by atoms with Crippen LogP contribution in [0.5, 0.6) is 0 Å². The summed E-state index contributed by atoms with van der Waals surface area (Å²) >= 11 is 0. The third kappa shape index (κ3) is 3.92. The van der Waals surface area contributed by atoms with Crippen LogP contribution in [-0.4, -0.2) is 20.2 Å². The molecule has 0 fully saturated rings. The van der Waals surface area contributed by atoms with E-state index in [1.807, 2.05) is 4.72 Å². The van der Waals surface area contributed by atoms with E-state index in [4.69, 9.17) is 0 Å². The van der Waals surface area contributed by atoms with Gasteiger partial charge in [0.25, 0.3) is 10.0 Å². The highest BCUT2D eigenvalue weighted by atomic mass is 32.2. The first-order valence-corrected chi connectivity index (χ1v) is 7.87. The zero-order chi connectivity index (χ0) is 16.2. The first-order chi connectivity index (χ1) is 10.4. The summed E-state index contributed by atoms with van der Waals surface area (Å²) in [6, 6.07) is 12.8. The van der Waals surface area contributed by atoms with Crippen LogP contribution in [0.1, 0.15) is 17.3 Å². The van der Waals surface area contributed by atoms with Crippen molar-refractivity contribution in [3.8, 4) is 0 Å². The van der Waals surface area contributed by atoms with Crippen molar-refractivity contribution in [3.05, 3.63) is 60.2 Å². The second-order valence-corrected chi connectivity index (χ2v) is 6.19. The predicted molar refractivity (Wildman–Crippen MR) is 82.2 cm³/mol. The smallest absolute Gasteiger partial charge is 0.307 e. The maximum absolute atomic E-state index is 12.0. The lowest BCUT2D eigenvalue weighted by Gasteiger charge is -2.08. The quantitative estimate of drug-likeness (QED) is 0.847. The van der Waals surface area contributed by atoms with Crippen molar-refractivity contribution in [2.45, 2.75) is 11.8 Å². The molecule has 0 unspecified atom stereocenters. The highest BCUT2D eigenvalue weighted by Crippen LogP contribution is 2.11. The number of Topliss-reactive ketones (excluding diaryl/α,β-unsaturated/α-hetero) is 1.